The van der Waals surface area contributed by atoms with Crippen molar-refractivity contribution in [1.29, 1.82) is 0 Å². The molecule has 0 atom stereocenters. The van der Waals surface area contributed by atoms with Crippen LogP contribution in [0.3, 0.4) is 0 Å². The molecule has 1 aromatic carbocycles. The zero-order valence-corrected chi connectivity index (χ0v) is 14.9. The van der Waals surface area contributed by atoms with Gasteiger partial charge in [-0.2, -0.15) is 14.9 Å². The van der Waals surface area contributed by atoms with Crippen molar-refractivity contribution in [2.24, 2.45) is 5.10 Å². The minimum Gasteiger partial charge on any atom is -0.250 e. The van der Waals surface area contributed by atoms with E-state index in [0.717, 1.165) is 16.3 Å². The molecule has 0 aliphatic heterocycles. The quantitative estimate of drug-likeness (QED) is 0.546. The van der Waals surface area contributed by atoms with Gasteiger partial charge < -0.3 is 0 Å². The number of aromatic nitrogens is 3. The predicted molar refractivity (Wildman–Crippen MR) is 98.9 cm³/mol. The van der Waals surface area contributed by atoms with Gasteiger partial charge in [-0.1, -0.05) is 51.1 Å². The van der Waals surface area contributed by atoms with E-state index in [2.05, 4.69) is 60.3 Å². The van der Waals surface area contributed by atoms with Crippen LogP contribution in [0.5, 0.6) is 0 Å². The lowest BCUT2D eigenvalue weighted by Crippen LogP contribution is -2.10. The van der Waals surface area contributed by atoms with E-state index >= 15 is 0 Å². The van der Waals surface area contributed by atoms with Crippen LogP contribution in [0.25, 0.3) is 10.7 Å². The fraction of sp³-hybridized carbons (Fsp3) is 0.235. The Morgan fingerprint density at radius 3 is 2.57 bits per heavy atom. The lowest BCUT2D eigenvalue weighted by atomic mass is 9.87. The molecule has 3 rings (SSSR count). The number of rotatable bonds is 3. The van der Waals surface area contributed by atoms with Gasteiger partial charge in [0.2, 0.25) is 4.77 Å². The first-order valence-corrected chi connectivity index (χ1v) is 8.60. The Hall–Kier alpha value is -2.05. The molecule has 1 N–H and O–H groups in total. The molecule has 0 amide bonds. The Morgan fingerprint density at radius 2 is 1.96 bits per heavy atom. The van der Waals surface area contributed by atoms with Crippen LogP contribution in [0, 0.1) is 4.77 Å². The molecule has 6 heteroatoms. The highest BCUT2D eigenvalue weighted by atomic mass is 32.1. The first-order chi connectivity index (χ1) is 10.9. The summed E-state index contributed by atoms with van der Waals surface area (Å²) in [6.07, 6.45) is 1.80. The smallest absolute Gasteiger partial charge is 0.216 e. The summed E-state index contributed by atoms with van der Waals surface area (Å²) in [7, 11) is 0. The average Bonchev–Trinajstić information content (AvgIpc) is 3.14. The Kier molecular flexibility index (Phi) is 4.28. The van der Waals surface area contributed by atoms with E-state index in [1.165, 1.54) is 5.56 Å². The first kappa shape index (κ1) is 15.8. The van der Waals surface area contributed by atoms with E-state index in [-0.39, 0.29) is 5.41 Å². The maximum absolute atomic E-state index is 5.27. The van der Waals surface area contributed by atoms with Crippen molar-refractivity contribution in [3.05, 3.63) is 57.7 Å². The number of hydrogen-bond donors (Lipinski definition) is 1. The van der Waals surface area contributed by atoms with E-state index in [1.54, 1.807) is 22.2 Å². The van der Waals surface area contributed by atoms with Gasteiger partial charge in [0, 0.05) is 0 Å². The van der Waals surface area contributed by atoms with Crippen LogP contribution in [0.15, 0.2) is 46.9 Å². The van der Waals surface area contributed by atoms with Crippen molar-refractivity contribution in [1.82, 2.24) is 14.9 Å². The second-order valence-electron chi connectivity index (χ2n) is 6.26. The fourth-order valence-electron chi connectivity index (χ4n) is 2.16. The lowest BCUT2D eigenvalue weighted by molar-refractivity contribution is 0.590. The number of nitrogens with one attached hydrogen (secondary N) is 1. The molecule has 0 saturated carbocycles. The molecule has 0 aliphatic carbocycles. The number of nitrogens with zero attached hydrogens (tertiary/aromatic N) is 3. The fourth-order valence-corrected chi connectivity index (χ4v) is 3.04. The average molecular weight is 342 g/mol. The van der Waals surface area contributed by atoms with Gasteiger partial charge in [0.15, 0.2) is 5.82 Å². The Labute approximate surface area is 144 Å². The normalized spacial score (nSPS) is 12.1. The van der Waals surface area contributed by atoms with Crippen molar-refractivity contribution in [2.45, 2.75) is 26.2 Å². The van der Waals surface area contributed by atoms with Gasteiger partial charge in [0.05, 0.1) is 11.1 Å². The summed E-state index contributed by atoms with van der Waals surface area (Å²) in [5, 5.41) is 13.5. The zero-order valence-electron chi connectivity index (χ0n) is 13.3. The summed E-state index contributed by atoms with van der Waals surface area (Å²) in [4.78, 5) is 1.03. The van der Waals surface area contributed by atoms with Crippen LogP contribution in [0.1, 0.15) is 31.9 Å². The molecule has 23 heavy (non-hydrogen) atoms. The van der Waals surface area contributed by atoms with E-state index in [4.69, 9.17) is 12.2 Å². The molecular weight excluding hydrogens is 324 g/mol. The van der Waals surface area contributed by atoms with Crippen LogP contribution < -0.4 is 0 Å². The van der Waals surface area contributed by atoms with Gasteiger partial charge in [0.1, 0.15) is 0 Å². The van der Waals surface area contributed by atoms with Crippen LogP contribution in [-0.4, -0.2) is 21.1 Å². The molecule has 0 aliphatic rings. The number of thiophene rings is 1. The van der Waals surface area contributed by atoms with E-state index in [0.29, 0.717) is 4.77 Å². The van der Waals surface area contributed by atoms with Crippen molar-refractivity contribution >= 4 is 29.8 Å². The largest absolute Gasteiger partial charge is 0.250 e. The number of H-pyrrole nitrogens is 1. The topological polar surface area (TPSA) is 46.0 Å². The summed E-state index contributed by atoms with van der Waals surface area (Å²) >= 11 is 6.87. The third kappa shape index (κ3) is 3.48. The molecule has 0 bridgehead atoms. The van der Waals surface area contributed by atoms with Gasteiger partial charge in [-0.15, -0.1) is 11.3 Å². The van der Waals surface area contributed by atoms with E-state index < -0.39 is 0 Å². The molecule has 3 aromatic rings. The van der Waals surface area contributed by atoms with Crippen molar-refractivity contribution in [3.8, 4) is 10.7 Å². The molecule has 2 heterocycles. The maximum atomic E-state index is 5.27. The molecule has 0 radical (unpaired) electrons. The Balaban J connectivity index is 1.89. The zero-order chi connectivity index (χ0) is 16.4. The SMILES string of the molecule is CC(C)(C)c1ccc(/C=N\n2c(-c3cccs3)n[nH]c2=S)cc1. The van der Waals surface area contributed by atoms with Crippen LogP contribution >= 0.6 is 23.6 Å². The highest BCUT2D eigenvalue weighted by molar-refractivity contribution is 7.71. The molecule has 0 unspecified atom stereocenters. The van der Waals surface area contributed by atoms with Gasteiger partial charge in [-0.05, 0) is 40.2 Å². The van der Waals surface area contributed by atoms with Gasteiger partial charge >= 0.3 is 0 Å². The minimum atomic E-state index is 0.148. The maximum Gasteiger partial charge on any atom is 0.216 e. The Bertz CT molecular complexity index is 863. The van der Waals surface area contributed by atoms with Gasteiger partial charge in [-0.3, -0.25) is 0 Å². The van der Waals surface area contributed by atoms with E-state index in [1.807, 2.05) is 17.5 Å². The lowest BCUT2D eigenvalue weighted by Gasteiger charge is -2.18. The standard InChI is InChI=1S/C17H18N4S2/c1-17(2,3)13-8-6-12(7-9-13)11-18-21-15(19-20-16(21)22)14-5-4-10-23-14/h4-11H,1-3H3,(H,20,22)/b18-11-. The van der Waals surface area contributed by atoms with Crippen molar-refractivity contribution < 1.29 is 0 Å². The molecule has 0 fully saturated rings. The van der Waals surface area contributed by atoms with Crippen molar-refractivity contribution in [3.63, 3.8) is 0 Å². The highest BCUT2D eigenvalue weighted by Gasteiger charge is 2.12. The van der Waals surface area contributed by atoms with Crippen LogP contribution in [-0.2, 0) is 5.41 Å². The third-order valence-electron chi connectivity index (χ3n) is 3.49. The molecule has 0 spiro atoms. The third-order valence-corrected chi connectivity index (χ3v) is 4.62. The first-order valence-electron chi connectivity index (χ1n) is 7.31. The van der Waals surface area contributed by atoms with Crippen LogP contribution in [0.2, 0.25) is 0 Å². The van der Waals surface area contributed by atoms with Crippen molar-refractivity contribution in [2.75, 3.05) is 0 Å². The molecule has 2 aromatic heterocycles. The number of aromatic amines is 1. The van der Waals surface area contributed by atoms with E-state index in [9.17, 15) is 0 Å². The summed E-state index contributed by atoms with van der Waals surface area (Å²) in [5.74, 6) is 0.729. The molecule has 0 saturated heterocycles. The molecular formula is C17H18N4S2. The van der Waals surface area contributed by atoms with Crippen LogP contribution in [0.4, 0.5) is 0 Å². The second-order valence-corrected chi connectivity index (χ2v) is 7.59. The van der Waals surface area contributed by atoms with Gasteiger partial charge in [-0.25, -0.2) is 5.10 Å². The van der Waals surface area contributed by atoms with Gasteiger partial charge in [0.25, 0.3) is 0 Å². The molecule has 118 valence electrons. The monoisotopic (exact) mass is 342 g/mol. The molecule has 4 nitrogen and oxygen atoms in total. The minimum absolute atomic E-state index is 0.148. The summed E-state index contributed by atoms with van der Waals surface area (Å²) in [6, 6.07) is 12.4. The highest BCUT2D eigenvalue weighted by Crippen LogP contribution is 2.23. The summed E-state index contributed by atoms with van der Waals surface area (Å²) < 4.78 is 2.13. The second kappa shape index (κ2) is 6.22. The number of hydrogen-bond acceptors (Lipinski definition) is 4. The summed E-state index contributed by atoms with van der Waals surface area (Å²) in [6.45, 7) is 6.61. The number of benzene rings is 1. The summed E-state index contributed by atoms with van der Waals surface area (Å²) in [5.41, 5.74) is 2.47. The predicted octanol–water partition coefficient (Wildman–Crippen LogP) is 4.85. The Morgan fingerprint density at radius 1 is 1.22 bits per heavy atom.